The molecule has 27 heavy (non-hydrogen) atoms. The standard InChI is InChI=1S/C21H23NO5/c1-4-10-26-16-9-8-14(11-18(16)25-3)13-22-21(23)19-12-15-6-5-7-17(24-2)20(15)27-19/h5-9,11-12H,4,10,13H2,1-3H3,(H,22,23). The molecule has 1 aromatic heterocycles. The molecule has 3 rings (SSSR count). The van der Waals surface area contributed by atoms with E-state index in [1.165, 1.54) is 0 Å². The summed E-state index contributed by atoms with van der Waals surface area (Å²) in [6, 6.07) is 12.8. The summed E-state index contributed by atoms with van der Waals surface area (Å²) in [5, 5.41) is 3.68. The molecular weight excluding hydrogens is 346 g/mol. The number of ether oxygens (including phenoxy) is 3. The monoisotopic (exact) mass is 369 g/mol. The first-order chi connectivity index (χ1) is 13.2. The zero-order valence-corrected chi connectivity index (χ0v) is 15.7. The van der Waals surface area contributed by atoms with Gasteiger partial charge in [-0.3, -0.25) is 4.79 Å². The number of para-hydroxylation sites is 1. The third-order valence-electron chi connectivity index (χ3n) is 4.09. The van der Waals surface area contributed by atoms with Crippen LogP contribution in [0.15, 0.2) is 46.9 Å². The summed E-state index contributed by atoms with van der Waals surface area (Å²) in [4.78, 5) is 12.4. The lowest BCUT2D eigenvalue weighted by atomic mass is 10.2. The summed E-state index contributed by atoms with van der Waals surface area (Å²) < 4.78 is 21.9. The summed E-state index contributed by atoms with van der Waals surface area (Å²) >= 11 is 0. The quantitative estimate of drug-likeness (QED) is 0.645. The van der Waals surface area contributed by atoms with Gasteiger partial charge >= 0.3 is 0 Å². The van der Waals surface area contributed by atoms with Crippen LogP contribution in [0.4, 0.5) is 0 Å². The number of benzene rings is 2. The Bertz CT molecular complexity index is 931. The number of methoxy groups -OCH3 is 2. The fourth-order valence-electron chi connectivity index (χ4n) is 2.73. The molecule has 0 fully saturated rings. The summed E-state index contributed by atoms with van der Waals surface area (Å²) in [5.41, 5.74) is 1.46. The largest absolute Gasteiger partial charge is 0.493 e. The van der Waals surface area contributed by atoms with E-state index < -0.39 is 0 Å². The molecule has 3 aromatic rings. The Morgan fingerprint density at radius 2 is 1.85 bits per heavy atom. The van der Waals surface area contributed by atoms with Gasteiger partial charge in [0.2, 0.25) is 0 Å². The molecule has 0 atom stereocenters. The zero-order valence-electron chi connectivity index (χ0n) is 15.7. The van der Waals surface area contributed by atoms with E-state index in [2.05, 4.69) is 5.32 Å². The summed E-state index contributed by atoms with van der Waals surface area (Å²) in [6.45, 7) is 3.02. The summed E-state index contributed by atoms with van der Waals surface area (Å²) in [5.74, 6) is 1.88. The normalized spacial score (nSPS) is 10.6. The van der Waals surface area contributed by atoms with Crippen molar-refractivity contribution in [1.29, 1.82) is 0 Å². The Labute approximate surface area is 158 Å². The predicted octanol–water partition coefficient (Wildman–Crippen LogP) is 4.17. The fourth-order valence-corrected chi connectivity index (χ4v) is 2.73. The van der Waals surface area contributed by atoms with Crippen LogP contribution in [-0.4, -0.2) is 26.7 Å². The number of carbonyl (C=O) groups is 1. The number of hydrogen-bond donors (Lipinski definition) is 1. The van der Waals surface area contributed by atoms with Crippen LogP contribution in [0, 0.1) is 0 Å². The van der Waals surface area contributed by atoms with Crippen molar-refractivity contribution in [2.75, 3.05) is 20.8 Å². The van der Waals surface area contributed by atoms with Crippen LogP contribution in [0.3, 0.4) is 0 Å². The van der Waals surface area contributed by atoms with E-state index in [1.807, 2.05) is 37.3 Å². The van der Waals surface area contributed by atoms with Gasteiger partial charge in [-0.1, -0.05) is 25.1 Å². The first-order valence-electron chi connectivity index (χ1n) is 8.80. The maximum Gasteiger partial charge on any atom is 0.287 e. The highest BCUT2D eigenvalue weighted by Gasteiger charge is 2.15. The minimum atomic E-state index is -0.293. The van der Waals surface area contributed by atoms with E-state index >= 15 is 0 Å². The van der Waals surface area contributed by atoms with Crippen LogP contribution < -0.4 is 19.5 Å². The maximum atomic E-state index is 12.4. The van der Waals surface area contributed by atoms with Crippen molar-refractivity contribution in [3.8, 4) is 17.2 Å². The molecule has 6 nitrogen and oxygen atoms in total. The van der Waals surface area contributed by atoms with Gasteiger partial charge in [-0.15, -0.1) is 0 Å². The Balaban J connectivity index is 1.70. The molecule has 0 saturated heterocycles. The highest BCUT2D eigenvalue weighted by atomic mass is 16.5. The minimum Gasteiger partial charge on any atom is -0.493 e. The maximum absolute atomic E-state index is 12.4. The van der Waals surface area contributed by atoms with E-state index in [9.17, 15) is 4.79 Å². The second-order valence-electron chi connectivity index (χ2n) is 6.01. The van der Waals surface area contributed by atoms with Crippen LogP contribution in [0.25, 0.3) is 11.0 Å². The van der Waals surface area contributed by atoms with Gasteiger partial charge in [0.25, 0.3) is 5.91 Å². The lowest BCUT2D eigenvalue weighted by Gasteiger charge is -2.12. The minimum absolute atomic E-state index is 0.240. The van der Waals surface area contributed by atoms with E-state index in [-0.39, 0.29) is 11.7 Å². The van der Waals surface area contributed by atoms with Crippen molar-refractivity contribution in [2.45, 2.75) is 19.9 Å². The molecule has 0 aliphatic carbocycles. The number of fused-ring (bicyclic) bond motifs is 1. The van der Waals surface area contributed by atoms with Gasteiger partial charge in [0, 0.05) is 11.9 Å². The number of furan rings is 1. The van der Waals surface area contributed by atoms with Gasteiger partial charge in [0.15, 0.2) is 28.6 Å². The third-order valence-corrected chi connectivity index (χ3v) is 4.09. The van der Waals surface area contributed by atoms with Gasteiger partial charge in [0.1, 0.15) is 0 Å². The fraction of sp³-hybridized carbons (Fsp3) is 0.286. The van der Waals surface area contributed by atoms with Crippen molar-refractivity contribution < 1.29 is 23.4 Å². The summed E-state index contributed by atoms with van der Waals surface area (Å²) in [6.07, 6.45) is 0.920. The highest BCUT2D eigenvalue weighted by Crippen LogP contribution is 2.29. The van der Waals surface area contributed by atoms with Crippen LogP contribution in [0.1, 0.15) is 29.5 Å². The first-order valence-corrected chi connectivity index (χ1v) is 8.80. The number of nitrogens with one attached hydrogen (secondary N) is 1. The number of carbonyl (C=O) groups excluding carboxylic acids is 1. The molecule has 1 amide bonds. The molecule has 0 aliphatic rings. The smallest absolute Gasteiger partial charge is 0.287 e. The Hall–Kier alpha value is -3.15. The van der Waals surface area contributed by atoms with Gasteiger partial charge in [-0.05, 0) is 36.2 Å². The molecule has 1 N–H and O–H groups in total. The average molecular weight is 369 g/mol. The van der Waals surface area contributed by atoms with E-state index in [0.29, 0.717) is 36.0 Å². The van der Waals surface area contributed by atoms with E-state index in [0.717, 1.165) is 17.4 Å². The molecular formula is C21H23NO5. The van der Waals surface area contributed by atoms with E-state index in [4.69, 9.17) is 18.6 Å². The highest BCUT2D eigenvalue weighted by molar-refractivity contribution is 5.97. The second-order valence-corrected chi connectivity index (χ2v) is 6.01. The third kappa shape index (κ3) is 4.16. The number of amides is 1. The van der Waals surface area contributed by atoms with Crippen LogP contribution >= 0.6 is 0 Å². The molecule has 0 radical (unpaired) electrons. The van der Waals surface area contributed by atoms with Crippen molar-refractivity contribution >= 4 is 16.9 Å². The molecule has 0 spiro atoms. The number of rotatable bonds is 8. The Kier molecular flexibility index (Phi) is 5.86. The van der Waals surface area contributed by atoms with Crippen molar-refractivity contribution in [3.05, 3.63) is 53.8 Å². The Morgan fingerprint density at radius 3 is 2.59 bits per heavy atom. The van der Waals surface area contributed by atoms with Gasteiger partial charge in [-0.2, -0.15) is 0 Å². The second kappa shape index (κ2) is 8.49. The van der Waals surface area contributed by atoms with Crippen molar-refractivity contribution in [1.82, 2.24) is 5.32 Å². The van der Waals surface area contributed by atoms with Crippen molar-refractivity contribution in [3.63, 3.8) is 0 Å². The van der Waals surface area contributed by atoms with Gasteiger partial charge in [0.05, 0.1) is 20.8 Å². The lowest BCUT2D eigenvalue weighted by Crippen LogP contribution is -2.22. The topological polar surface area (TPSA) is 69.9 Å². The molecule has 0 aliphatic heterocycles. The zero-order chi connectivity index (χ0) is 19.2. The van der Waals surface area contributed by atoms with Gasteiger partial charge in [-0.25, -0.2) is 0 Å². The number of hydrogen-bond acceptors (Lipinski definition) is 5. The molecule has 0 bridgehead atoms. The average Bonchev–Trinajstić information content (AvgIpc) is 3.15. The van der Waals surface area contributed by atoms with Crippen LogP contribution in [0.2, 0.25) is 0 Å². The molecule has 2 aromatic carbocycles. The van der Waals surface area contributed by atoms with Gasteiger partial charge < -0.3 is 23.9 Å². The molecule has 1 heterocycles. The van der Waals surface area contributed by atoms with Crippen molar-refractivity contribution in [2.24, 2.45) is 0 Å². The lowest BCUT2D eigenvalue weighted by molar-refractivity contribution is 0.0925. The summed E-state index contributed by atoms with van der Waals surface area (Å²) in [7, 11) is 3.16. The molecule has 0 unspecified atom stereocenters. The molecule has 142 valence electrons. The van der Waals surface area contributed by atoms with Crippen LogP contribution in [-0.2, 0) is 6.54 Å². The molecule has 0 saturated carbocycles. The molecule has 6 heteroatoms. The SMILES string of the molecule is CCCOc1ccc(CNC(=O)c2cc3cccc(OC)c3o2)cc1OC. The van der Waals surface area contributed by atoms with E-state index in [1.54, 1.807) is 26.4 Å². The Morgan fingerprint density at radius 1 is 1.04 bits per heavy atom. The predicted molar refractivity (Wildman–Crippen MR) is 103 cm³/mol. The first kappa shape index (κ1) is 18.6. The van der Waals surface area contributed by atoms with Crippen LogP contribution in [0.5, 0.6) is 17.2 Å².